The van der Waals surface area contributed by atoms with Crippen molar-refractivity contribution in [2.24, 2.45) is 0 Å². The Balaban J connectivity index is 1.50. The highest BCUT2D eigenvalue weighted by Crippen LogP contribution is 2.47. The van der Waals surface area contributed by atoms with Gasteiger partial charge < -0.3 is 10.0 Å². The molecule has 32 heavy (non-hydrogen) atoms. The van der Waals surface area contributed by atoms with Gasteiger partial charge in [-0.25, -0.2) is 9.37 Å². The number of rotatable bonds is 5. The molecule has 0 radical (unpaired) electrons. The van der Waals surface area contributed by atoms with Gasteiger partial charge in [0.2, 0.25) is 0 Å². The highest BCUT2D eigenvalue weighted by Gasteiger charge is 2.51. The molecule has 0 aliphatic carbocycles. The van der Waals surface area contributed by atoms with E-state index in [0.717, 1.165) is 32.3 Å². The molecule has 1 N–H and O–H groups in total. The molecule has 5 rings (SSSR count). The molecule has 6 heteroatoms. The summed E-state index contributed by atoms with van der Waals surface area (Å²) in [5.74, 6) is -0.475. The van der Waals surface area contributed by atoms with Crippen LogP contribution in [0.5, 0.6) is 0 Å². The van der Waals surface area contributed by atoms with Gasteiger partial charge in [-0.1, -0.05) is 78.1 Å². The van der Waals surface area contributed by atoms with E-state index in [1.54, 1.807) is 12.1 Å². The standard InChI is InChI=1S/C26H20FN3OS/c27-19-12-10-17(11-13-19)20-8-4-5-9-21(20)25-22(14-28)30(23(25)16-31)26-29-15-24(32-26)18-6-2-1-3-7-18/h1-13,15,22-23,25,31H,16H2/t22-,23+,25-/m1/s1. The lowest BCUT2D eigenvalue weighted by Gasteiger charge is -2.52. The molecule has 4 nitrogen and oxygen atoms in total. The van der Waals surface area contributed by atoms with Crippen molar-refractivity contribution >= 4 is 16.5 Å². The van der Waals surface area contributed by atoms with Crippen LogP contribution in [-0.2, 0) is 0 Å². The Hall–Kier alpha value is -3.53. The minimum absolute atomic E-state index is 0.0964. The first-order valence-electron chi connectivity index (χ1n) is 10.4. The Bertz CT molecular complexity index is 1270. The van der Waals surface area contributed by atoms with Gasteiger partial charge in [0, 0.05) is 12.1 Å². The Kier molecular flexibility index (Phi) is 5.44. The van der Waals surface area contributed by atoms with E-state index in [-0.39, 0.29) is 24.4 Å². The van der Waals surface area contributed by atoms with Gasteiger partial charge in [0.1, 0.15) is 11.9 Å². The quantitative estimate of drug-likeness (QED) is 0.446. The van der Waals surface area contributed by atoms with Crippen LogP contribution in [0.15, 0.2) is 85.1 Å². The fourth-order valence-electron chi connectivity index (χ4n) is 4.44. The first-order valence-corrected chi connectivity index (χ1v) is 11.2. The Morgan fingerprint density at radius 2 is 1.69 bits per heavy atom. The molecule has 3 atom stereocenters. The van der Waals surface area contributed by atoms with Gasteiger partial charge >= 0.3 is 0 Å². The highest BCUT2D eigenvalue weighted by molar-refractivity contribution is 7.18. The molecule has 158 valence electrons. The number of hydrogen-bond donors (Lipinski definition) is 1. The van der Waals surface area contributed by atoms with Gasteiger partial charge in [-0.05, 0) is 34.4 Å². The molecule has 0 amide bonds. The number of anilines is 1. The van der Waals surface area contributed by atoms with Crippen LogP contribution in [0.3, 0.4) is 0 Å². The van der Waals surface area contributed by atoms with E-state index in [1.807, 2.05) is 65.7 Å². The number of aromatic nitrogens is 1. The van der Waals surface area contributed by atoms with E-state index < -0.39 is 6.04 Å². The maximum absolute atomic E-state index is 13.4. The Labute approximate surface area is 189 Å². The molecule has 1 aliphatic heterocycles. The van der Waals surface area contributed by atoms with E-state index in [9.17, 15) is 14.8 Å². The molecular weight excluding hydrogens is 421 g/mol. The van der Waals surface area contributed by atoms with Gasteiger partial charge in [-0.15, -0.1) is 0 Å². The topological polar surface area (TPSA) is 60.1 Å². The minimum atomic E-state index is -0.455. The second-order valence-corrected chi connectivity index (χ2v) is 8.73. The van der Waals surface area contributed by atoms with Crippen LogP contribution in [0.2, 0.25) is 0 Å². The summed E-state index contributed by atoms with van der Waals surface area (Å²) in [6.45, 7) is -0.0964. The van der Waals surface area contributed by atoms with E-state index in [2.05, 4.69) is 11.1 Å². The van der Waals surface area contributed by atoms with Gasteiger partial charge in [0.05, 0.1) is 23.6 Å². The Morgan fingerprint density at radius 3 is 2.41 bits per heavy atom. The minimum Gasteiger partial charge on any atom is -0.394 e. The van der Waals surface area contributed by atoms with Gasteiger partial charge in [-0.2, -0.15) is 5.26 Å². The first-order chi connectivity index (χ1) is 15.7. The summed E-state index contributed by atoms with van der Waals surface area (Å²) in [5, 5.41) is 21.0. The fourth-order valence-corrected chi connectivity index (χ4v) is 5.46. The fraction of sp³-hybridized carbons (Fsp3) is 0.154. The number of aliphatic hydroxyl groups excluding tert-OH is 1. The van der Waals surface area contributed by atoms with Crippen molar-refractivity contribution in [2.45, 2.75) is 18.0 Å². The summed E-state index contributed by atoms with van der Waals surface area (Å²) in [7, 11) is 0. The molecule has 0 saturated carbocycles. The molecule has 1 saturated heterocycles. The monoisotopic (exact) mass is 441 g/mol. The second kappa shape index (κ2) is 8.54. The summed E-state index contributed by atoms with van der Waals surface area (Å²) in [5.41, 5.74) is 3.87. The molecule has 1 fully saturated rings. The summed E-state index contributed by atoms with van der Waals surface area (Å²) < 4.78 is 13.4. The van der Waals surface area contributed by atoms with Crippen molar-refractivity contribution in [3.05, 3.63) is 96.4 Å². The highest BCUT2D eigenvalue weighted by atomic mass is 32.1. The number of thiazole rings is 1. The van der Waals surface area contributed by atoms with Crippen LogP contribution >= 0.6 is 11.3 Å². The zero-order chi connectivity index (χ0) is 22.1. The molecule has 0 spiro atoms. The normalized spacial score (nSPS) is 19.9. The molecule has 0 bridgehead atoms. The van der Waals surface area contributed by atoms with Gasteiger partial charge in [-0.3, -0.25) is 0 Å². The van der Waals surface area contributed by atoms with E-state index >= 15 is 0 Å². The molecule has 4 aromatic rings. The molecule has 0 unspecified atom stereocenters. The summed E-state index contributed by atoms with van der Waals surface area (Å²) in [4.78, 5) is 7.51. The number of hydrogen-bond acceptors (Lipinski definition) is 5. The van der Waals surface area contributed by atoms with Crippen LogP contribution in [0.4, 0.5) is 9.52 Å². The SMILES string of the molecule is N#C[C@@H]1[C@@H](c2ccccc2-c2ccc(F)cc2)[C@H](CO)N1c1ncc(-c2ccccc2)s1. The van der Waals surface area contributed by atoms with Crippen molar-refractivity contribution in [1.82, 2.24) is 4.98 Å². The maximum Gasteiger partial charge on any atom is 0.187 e. The number of nitrogens with zero attached hydrogens (tertiary/aromatic N) is 3. The lowest BCUT2D eigenvalue weighted by Crippen LogP contribution is -2.63. The number of halogens is 1. The molecule has 3 aromatic carbocycles. The largest absolute Gasteiger partial charge is 0.394 e. The van der Waals surface area contributed by atoms with Crippen molar-refractivity contribution < 1.29 is 9.50 Å². The molecular formula is C26H20FN3OS. The average Bonchev–Trinajstić information content (AvgIpc) is 3.30. The third-order valence-electron chi connectivity index (χ3n) is 5.98. The molecule has 1 aliphatic rings. The first kappa shape index (κ1) is 20.4. The number of nitriles is 1. The number of aliphatic hydroxyl groups is 1. The zero-order valence-electron chi connectivity index (χ0n) is 17.1. The van der Waals surface area contributed by atoms with E-state index in [4.69, 9.17) is 0 Å². The van der Waals surface area contributed by atoms with Crippen molar-refractivity contribution in [3.63, 3.8) is 0 Å². The predicted octanol–water partition coefficient (Wildman–Crippen LogP) is 5.47. The van der Waals surface area contributed by atoms with Crippen molar-refractivity contribution in [1.29, 1.82) is 5.26 Å². The molecule has 1 aromatic heterocycles. The lowest BCUT2D eigenvalue weighted by molar-refractivity contribution is 0.188. The third kappa shape index (κ3) is 3.46. The van der Waals surface area contributed by atoms with Crippen LogP contribution in [0, 0.1) is 17.1 Å². The van der Waals surface area contributed by atoms with E-state index in [1.165, 1.54) is 23.5 Å². The summed E-state index contributed by atoms with van der Waals surface area (Å²) in [6.07, 6.45) is 1.82. The lowest BCUT2D eigenvalue weighted by atomic mass is 9.74. The van der Waals surface area contributed by atoms with Crippen molar-refractivity contribution in [2.75, 3.05) is 11.5 Å². The second-order valence-electron chi connectivity index (χ2n) is 7.72. The molecule has 2 heterocycles. The summed E-state index contributed by atoms with van der Waals surface area (Å²) >= 11 is 1.52. The van der Waals surface area contributed by atoms with Crippen LogP contribution in [0.1, 0.15) is 11.5 Å². The van der Waals surface area contributed by atoms with Gasteiger partial charge in [0.15, 0.2) is 5.13 Å². The van der Waals surface area contributed by atoms with E-state index in [0.29, 0.717) is 0 Å². The third-order valence-corrected chi connectivity index (χ3v) is 7.04. The van der Waals surface area contributed by atoms with Gasteiger partial charge in [0.25, 0.3) is 0 Å². The zero-order valence-corrected chi connectivity index (χ0v) is 17.9. The van der Waals surface area contributed by atoms with Crippen LogP contribution in [0.25, 0.3) is 21.6 Å². The Morgan fingerprint density at radius 1 is 0.969 bits per heavy atom. The number of benzene rings is 3. The smallest absolute Gasteiger partial charge is 0.187 e. The average molecular weight is 442 g/mol. The summed E-state index contributed by atoms with van der Waals surface area (Å²) in [6, 6.07) is 25.9. The maximum atomic E-state index is 13.4. The van der Waals surface area contributed by atoms with Crippen LogP contribution in [-0.4, -0.2) is 28.8 Å². The predicted molar refractivity (Wildman–Crippen MR) is 125 cm³/mol. The van der Waals surface area contributed by atoms with Crippen LogP contribution < -0.4 is 4.90 Å². The van der Waals surface area contributed by atoms with Crippen molar-refractivity contribution in [3.8, 4) is 27.6 Å².